The highest BCUT2D eigenvalue weighted by Gasteiger charge is 2.25. The lowest BCUT2D eigenvalue weighted by atomic mass is 10.0. The molecule has 5 heteroatoms. The molecule has 4 nitrogen and oxygen atoms in total. The van der Waals surface area contributed by atoms with E-state index < -0.39 is 0 Å². The monoisotopic (exact) mass is 249 g/mol. The van der Waals surface area contributed by atoms with E-state index >= 15 is 0 Å². The number of fused-ring (bicyclic) bond motifs is 1. The van der Waals surface area contributed by atoms with Crippen LogP contribution in [0.15, 0.2) is 18.5 Å². The molecule has 17 heavy (non-hydrogen) atoms. The van der Waals surface area contributed by atoms with E-state index in [1.165, 1.54) is 0 Å². The van der Waals surface area contributed by atoms with Crippen molar-refractivity contribution in [2.24, 2.45) is 5.92 Å². The molecule has 1 aliphatic rings. The molecule has 0 saturated carbocycles. The summed E-state index contributed by atoms with van der Waals surface area (Å²) in [5, 5.41) is 0. The number of ether oxygens (including phenoxy) is 1. The molecule has 2 aromatic heterocycles. The van der Waals surface area contributed by atoms with Crippen molar-refractivity contribution in [3.05, 3.63) is 23.2 Å². The lowest BCUT2D eigenvalue weighted by Gasteiger charge is -2.15. The molecule has 1 saturated heterocycles. The molecule has 0 aliphatic carbocycles. The zero-order valence-corrected chi connectivity index (χ0v) is 10.5. The summed E-state index contributed by atoms with van der Waals surface area (Å²) >= 11 is 5.37. The van der Waals surface area contributed by atoms with E-state index in [0.717, 1.165) is 35.4 Å². The van der Waals surface area contributed by atoms with Crippen molar-refractivity contribution in [3.63, 3.8) is 0 Å². The predicted octanol–water partition coefficient (Wildman–Crippen LogP) is 2.52. The summed E-state index contributed by atoms with van der Waals surface area (Å²) in [6.07, 6.45) is 5.05. The smallest absolute Gasteiger partial charge is 0.178 e. The van der Waals surface area contributed by atoms with Gasteiger partial charge in [-0.05, 0) is 31.6 Å². The summed E-state index contributed by atoms with van der Waals surface area (Å²) in [4.78, 5) is 7.29. The second-order valence-corrected chi connectivity index (χ2v) is 4.94. The molecule has 3 rings (SSSR count). The van der Waals surface area contributed by atoms with Gasteiger partial charge in [0.25, 0.3) is 0 Å². The molecule has 2 atom stereocenters. The quantitative estimate of drug-likeness (QED) is 0.832. The third-order valence-corrected chi connectivity index (χ3v) is 3.85. The fourth-order valence-corrected chi connectivity index (χ4v) is 2.73. The maximum Gasteiger partial charge on any atom is 0.178 e. The highest BCUT2D eigenvalue weighted by Crippen LogP contribution is 2.24. The number of aromatic amines is 1. The van der Waals surface area contributed by atoms with Crippen LogP contribution in [0.2, 0.25) is 0 Å². The Kier molecular flexibility index (Phi) is 2.72. The zero-order valence-electron chi connectivity index (χ0n) is 9.72. The van der Waals surface area contributed by atoms with E-state index in [9.17, 15) is 0 Å². The average molecular weight is 249 g/mol. The van der Waals surface area contributed by atoms with Gasteiger partial charge in [0.05, 0.1) is 23.3 Å². The molecule has 0 bridgehead atoms. The molecule has 0 spiro atoms. The number of rotatable bonds is 2. The van der Waals surface area contributed by atoms with E-state index in [1.807, 2.05) is 12.3 Å². The van der Waals surface area contributed by atoms with Crippen molar-refractivity contribution < 1.29 is 4.74 Å². The van der Waals surface area contributed by atoms with Gasteiger partial charge >= 0.3 is 0 Å². The van der Waals surface area contributed by atoms with Crippen LogP contribution in [0.4, 0.5) is 0 Å². The van der Waals surface area contributed by atoms with Gasteiger partial charge in [0.15, 0.2) is 4.77 Å². The predicted molar refractivity (Wildman–Crippen MR) is 68.4 cm³/mol. The van der Waals surface area contributed by atoms with E-state index in [4.69, 9.17) is 17.0 Å². The molecule has 2 unspecified atom stereocenters. The van der Waals surface area contributed by atoms with E-state index in [0.29, 0.717) is 12.0 Å². The van der Waals surface area contributed by atoms with Crippen LogP contribution in [-0.4, -0.2) is 27.2 Å². The Morgan fingerprint density at radius 2 is 2.53 bits per heavy atom. The minimum Gasteiger partial charge on any atom is -0.378 e. The molecule has 0 amide bonds. The van der Waals surface area contributed by atoms with Crippen LogP contribution >= 0.6 is 12.2 Å². The third-order valence-electron chi connectivity index (χ3n) is 3.53. The SMILES string of the molecule is CC1OCCC1Cn1c(=S)[nH]c2cnccc21. The third kappa shape index (κ3) is 1.89. The summed E-state index contributed by atoms with van der Waals surface area (Å²) in [5.74, 6) is 0.550. The summed E-state index contributed by atoms with van der Waals surface area (Å²) in [7, 11) is 0. The number of pyridine rings is 1. The van der Waals surface area contributed by atoms with Gasteiger partial charge in [-0.25, -0.2) is 0 Å². The fourth-order valence-electron chi connectivity index (χ4n) is 2.44. The van der Waals surface area contributed by atoms with E-state index in [2.05, 4.69) is 21.5 Å². The van der Waals surface area contributed by atoms with Crippen LogP contribution in [0.3, 0.4) is 0 Å². The number of hydrogen-bond acceptors (Lipinski definition) is 3. The number of nitrogens with zero attached hydrogens (tertiary/aromatic N) is 2. The maximum atomic E-state index is 5.60. The molecule has 1 aliphatic heterocycles. The number of hydrogen-bond donors (Lipinski definition) is 1. The normalized spacial score (nSPS) is 24.5. The Bertz CT molecular complexity index is 589. The van der Waals surface area contributed by atoms with Gasteiger partial charge < -0.3 is 14.3 Å². The first-order chi connectivity index (χ1) is 8.25. The number of nitrogens with one attached hydrogen (secondary N) is 1. The molecule has 0 aromatic carbocycles. The van der Waals surface area contributed by atoms with Crippen molar-refractivity contribution in [2.75, 3.05) is 6.61 Å². The Balaban J connectivity index is 1.99. The van der Waals surface area contributed by atoms with Crippen molar-refractivity contribution in [1.29, 1.82) is 0 Å². The Labute approximate surface area is 105 Å². The highest BCUT2D eigenvalue weighted by molar-refractivity contribution is 7.71. The van der Waals surface area contributed by atoms with Gasteiger partial charge in [-0.3, -0.25) is 4.98 Å². The second-order valence-electron chi connectivity index (χ2n) is 4.56. The van der Waals surface area contributed by atoms with Gasteiger partial charge in [0.1, 0.15) is 0 Å². The Morgan fingerprint density at radius 3 is 3.29 bits per heavy atom. The second kappa shape index (κ2) is 4.23. The van der Waals surface area contributed by atoms with Crippen LogP contribution in [0, 0.1) is 10.7 Å². The first kappa shape index (κ1) is 10.9. The maximum absolute atomic E-state index is 5.60. The molecule has 0 radical (unpaired) electrons. The van der Waals surface area contributed by atoms with Gasteiger partial charge in [0.2, 0.25) is 0 Å². The molecular weight excluding hydrogens is 234 g/mol. The lowest BCUT2D eigenvalue weighted by molar-refractivity contribution is 0.102. The highest BCUT2D eigenvalue weighted by atomic mass is 32.1. The Morgan fingerprint density at radius 1 is 1.65 bits per heavy atom. The van der Waals surface area contributed by atoms with E-state index in [1.54, 1.807) is 6.20 Å². The standard InChI is InChI=1S/C12H15N3OS/c1-8-9(3-5-16-8)7-15-11-2-4-13-6-10(11)14-12(15)17/h2,4,6,8-9H,3,5,7H2,1H3,(H,14,17). The molecule has 3 heterocycles. The van der Waals surface area contributed by atoms with E-state index in [-0.39, 0.29) is 0 Å². The average Bonchev–Trinajstić information content (AvgIpc) is 2.85. The fraction of sp³-hybridized carbons (Fsp3) is 0.500. The summed E-state index contributed by atoms with van der Waals surface area (Å²) in [6.45, 7) is 3.92. The van der Waals surface area contributed by atoms with Crippen LogP contribution in [0.25, 0.3) is 11.0 Å². The van der Waals surface area contributed by atoms with Crippen molar-refractivity contribution in [2.45, 2.75) is 26.0 Å². The molecule has 1 fully saturated rings. The van der Waals surface area contributed by atoms with Crippen LogP contribution in [0.5, 0.6) is 0 Å². The van der Waals surface area contributed by atoms with Crippen molar-refractivity contribution in [1.82, 2.24) is 14.5 Å². The molecule has 1 N–H and O–H groups in total. The Hall–Kier alpha value is -1.20. The van der Waals surface area contributed by atoms with Gasteiger partial charge in [-0.15, -0.1) is 0 Å². The minimum absolute atomic E-state index is 0.323. The summed E-state index contributed by atoms with van der Waals surface area (Å²) in [6, 6.07) is 2.00. The number of H-pyrrole nitrogens is 1. The van der Waals surface area contributed by atoms with Crippen LogP contribution in [-0.2, 0) is 11.3 Å². The lowest BCUT2D eigenvalue weighted by Crippen LogP contribution is -2.17. The van der Waals surface area contributed by atoms with Crippen molar-refractivity contribution in [3.8, 4) is 0 Å². The number of aromatic nitrogens is 3. The van der Waals surface area contributed by atoms with Gasteiger partial charge in [-0.2, -0.15) is 0 Å². The first-order valence-corrected chi connectivity index (χ1v) is 6.30. The van der Waals surface area contributed by atoms with Crippen LogP contribution < -0.4 is 0 Å². The minimum atomic E-state index is 0.323. The molecular formula is C12H15N3OS. The summed E-state index contributed by atoms with van der Waals surface area (Å²) in [5.41, 5.74) is 2.13. The zero-order chi connectivity index (χ0) is 11.8. The number of imidazole rings is 1. The van der Waals surface area contributed by atoms with Gasteiger partial charge in [-0.1, -0.05) is 0 Å². The topological polar surface area (TPSA) is 42.8 Å². The largest absolute Gasteiger partial charge is 0.378 e. The molecule has 90 valence electrons. The van der Waals surface area contributed by atoms with Crippen molar-refractivity contribution >= 4 is 23.3 Å². The first-order valence-electron chi connectivity index (χ1n) is 5.90. The summed E-state index contributed by atoms with van der Waals surface area (Å²) < 4.78 is 8.52. The molecule has 2 aromatic rings. The van der Waals surface area contributed by atoms with Crippen LogP contribution in [0.1, 0.15) is 13.3 Å². The van der Waals surface area contributed by atoms with Gasteiger partial charge in [0, 0.05) is 25.3 Å².